The Morgan fingerprint density at radius 1 is 1.07 bits per heavy atom. The molecular formula is C31H29F3N6O2S. The Labute approximate surface area is 251 Å². The van der Waals surface area contributed by atoms with E-state index in [0.717, 1.165) is 60.0 Å². The second-order valence-electron chi connectivity index (χ2n) is 10.4. The number of thioether (sulfide) groups is 1. The van der Waals surface area contributed by atoms with Crippen LogP contribution in [0.15, 0.2) is 84.1 Å². The van der Waals surface area contributed by atoms with Gasteiger partial charge in [0.2, 0.25) is 0 Å². The number of carbonyl (C=O) groups excluding carboxylic acids is 1. The van der Waals surface area contributed by atoms with Crippen molar-refractivity contribution in [3.8, 4) is 22.8 Å². The van der Waals surface area contributed by atoms with Gasteiger partial charge in [-0.1, -0.05) is 61.2 Å². The number of urea groups is 1. The van der Waals surface area contributed by atoms with Gasteiger partial charge in [-0.3, -0.25) is 0 Å². The Hall–Kier alpha value is -4.32. The number of anilines is 1. The standard InChI is InChI=1S/C31H29F3N6O2S/c1-2-21-6-3-4-7-26(21)39-18-5-19-43-29(39)36-28(41)37-30(16-17-30)23-10-8-22(9-11-23)27-35-20-40(38-27)24-12-14-25(15-13-24)42-31(32,33)34/h3-4,6-15,20H,2,5,16-19H2,1H3,(H,37,41). The Morgan fingerprint density at radius 2 is 1.81 bits per heavy atom. The zero-order valence-corrected chi connectivity index (χ0v) is 24.2. The van der Waals surface area contributed by atoms with Crippen molar-refractivity contribution in [3.05, 3.63) is 90.3 Å². The zero-order valence-electron chi connectivity index (χ0n) is 23.3. The molecule has 0 atom stereocenters. The van der Waals surface area contributed by atoms with Crippen LogP contribution in [0.1, 0.15) is 37.3 Å². The summed E-state index contributed by atoms with van der Waals surface area (Å²) < 4.78 is 42.7. The molecule has 1 saturated carbocycles. The lowest BCUT2D eigenvalue weighted by atomic mass is 10.0. The molecule has 1 aliphatic heterocycles. The first-order valence-corrected chi connectivity index (χ1v) is 15.0. The summed E-state index contributed by atoms with van der Waals surface area (Å²) in [7, 11) is 0. The normalized spacial score (nSPS) is 17.1. The van der Waals surface area contributed by atoms with Gasteiger partial charge in [0.05, 0.1) is 11.2 Å². The summed E-state index contributed by atoms with van der Waals surface area (Å²) in [5.41, 5.74) is 4.16. The zero-order chi connectivity index (χ0) is 30.0. The van der Waals surface area contributed by atoms with Crippen molar-refractivity contribution in [2.45, 2.75) is 44.5 Å². The minimum absolute atomic E-state index is 0.309. The third-order valence-corrected chi connectivity index (χ3v) is 8.53. The molecule has 1 N–H and O–H groups in total. The molecule has 1 aromatic heterocycles. The fourth-order valence-electron chi connectivity index (χ4n) is 5.14. The lowest BCUT2D eigenvalue weighted by Crippen LogP contribution is -2.38. The summed E-state index contributed by atoms with van der Waals surface area (Å²) in [4.78, 5) is 24.2. The van der Waals surface area contributed by atoms with Gasteiger partial charge in [-0.25, -0.2) is 14.5 Å². The highest BCUT2D eigenvalue weighted by Gasteiger charge is 2.46. The van der Waals surface area contributed by atoms with Crippen molar-refractivity contribution in [1.82, 2.24) is 20.1 Å². The van der Waals surface area contributed by atoms with E-state index in [4.69, 9.17) is 0 Å². The number of aromatic nitrogens is 3. The van der Waals surface area contributed by atoms with Crippen LogP contribution in [-0.4, -0.2) is 44.6 Å². The lowest BCUT2D eigenvalue weighted by molar-refractivity contribution is -0.274. The molecule has 3 aromatic carbocycles. The molecule has 2 amide bonds. The Kier molecular flexibility index (Phi) is 7.87. The predicted molar refractivity (Wildman–Crippen MR) is 161 cm³/mol. The number of hydrogen-bond acceptors (Lipinski definition) is 5. The number of nitrogens with one attached hydrogen (secondary N) is 1. The molecule has 222 valence electrons. The van der Waals surface area contributed by atoms with Gasteiger partial charge < -0.3 is 15.0 Å². The van der Waals surface area contributed by atoms with Gasteiger partial charge in [-0.15, -0.1) is 18.3 Å². The number of rotatable bonds is 7. The van der Waals surface area contributed by atoms with Crippen molar-refractivity contribution in [1.29, 1.82) is 0 Å². The third-order valence-electron chi connectivity index (χ3n) is 7.47. The van der Waals surface area contributed by atoms with Crippen LogP contribution in [0.3, 0.4) is 0 Å². The number of halogens is 3. The topological polar surface area (TPSA) is 84.6 Å². The van der Waals surface area contributed by atoms with Crippen LogP contribution in [0.2, 0.25) is 0 Å². The fourth-order valence-corrected chi connectivity index (χ4v) is 6.09. The van der Waals surface area contributed by atoms with Crippen molar-refractivity contribution in [2.24, 2.45) is 4.99 Å². The number of amidine groups is 1. The number of aryl methyl sites for hydroxylation is 1. The molecule has 2 fully saturated rings. The van der Waals surface area contributed by atoms with E-state index in [0.29, 0.717) is 11.5 Å². The van der Waals surface area contributed by atoms with Crippen LogP contribution < -0.4 is 15.0 Å². The molecule has 0 unspecified atom stereocenters. The summed E-state index contributed by atoms with van der Waals surface area (Å²) in [5, 5.41) is 8.34. The van der Waals surface area contributed by atoms with Crippen LogP contribution in [0.5, 0.6) is 5.75 Å². The minimum Gasteiger partial charge on any atom is -0.406 e. The molecule has 0 spiro atoms. The summed E-state index contributed by atoms with van der Waals surface area (Å²) in [5.74, 6) is 1.07. The highest BCUT2D eigenvalue weighted by molar-refractivity contribution is 8.14. The second-order valence-corrected chi connectivity index (χ2v) is 11.4. The fraction of sp³-hybridized carbons (Fsp3) is 0.290. The van der Waals surface area contributed by atoms with Crippen LogP contribution in [-0.2, 0) is 12.0 Å². The van der Waals surface area contributed by atoms with Gasteiger partial charge in [-0.05, 0) is 67.1 Å². The number of alkyl halides is 3. The number of nitrogens with zero attached hydrogens (tertiary/aromatic N) is 5. The number of aliphatic imine (C=N–C) groups is 1. The quantitative estimate of drug-likeness (QED) is 0.242. The number of para-hydroxylation sites is 1. The molecule has 0 bridgehead atoms. The lowest BCUT2D eigenvalue weighted by Gasteiger charge is -2.31. The molecule has 4 aromatic rings. The van der Waals surface area contributed by atoms with Crippen LogP contribution in [0.25, 0.3) is 17.1 Å². The summed E-state index contributed by atoms with van der Waals surface area (Å²) in [6.07, 6.45) is 0.310. The first-order valence-electron chi connectivity index (χ1n) is 14.0. The maximum absolute atomic E-state index is 13.2. The minimum atomic E-state index is -4.75. The Morgan fingerprint density at radius 3 is 2.51 bits per heavy atom. The molecular weight excluding hydrogens is 577 g/mol. The highest BCUT2D eigenvalue weighted by atomic mass is 32.2. The van der Waals surface area contributed by atoms with Gasteiger partial charge in [0.1, 0.15) is 12.1 Å². The van der Waals surface area contributed by atoms with E-state index in [2.05, 4.69) is 49.1 Å². The van der Waals surface area contributed by atoms with Gasteiger partial charge in [0.25, 0.3) is 0 Å². The second kappa shape index (κ2) is 11.8. The molecule has 2 aliphatic rings. The smallest absolute Gasteiger partial charge is 0.406 e. The van der Waals surface area contributed by atoms with Crippen molar-refractivity contribution >= 4 is 28.6 Å². The van der Waals surface area contributed by atoms with Crippen LogP contribution >= 0.6 is 11.8 Å². The number of benzene rings is 3. The average Bonchev–Trinajstić information content (AvgIpc) is 3.61. The first-order chi connectivity index (χ1) is 20.7. The van der Waals surface area contributed by atoms with E-state index in [9.17, 15) is 18.0 Å². The van der Waals surface area contributed by atoms with E-state index in [1.807, 2.05) is 36.4 Å². The van der Waals surface area contributed by atoms with E-state index >= 15 is 0 Å². The molecule has 2 heterocycles. The largest absolute Gasteiger partial charge is 0.573 e. The van der Waals surface area contributed by atoms with E-state index in [1.165, 1.54) is 40.8 Å². The molecule has 8 nitrogen and oxygen atoms in total. The van der Waals surface area contributed by atoms with Crippen molar-refractivity contribution in [2.75, 3.05) is 17.2 Å². The SMILES string of the molecule is CCc1ccccc1N1CCCSC1=NC(=O)NC1(c2ccc(-c3ncn(-c4ccc(OC(F)(F)F)cc4)n3)cc2)CC1. The average molecular weight is 607 g/mol. The Balaban J connectivity index is 1.13. The van der Waals surface area contributed by atoms with Crippen LogP contribution in [0.4, 0.5) is 23.7 Å². The summed E-state index contributed by atoms with van der Waals surface area (Å²) in [6.45, 7) is 2.95. The molecule has 0 radical (unpaired) electrons. The maximum Gasteiger partial charge on any atom is 0.573 e. The Bertz CT molecular complexity index is 1630. The predicted octanol–water partition coefficient (Wildman–Crippen LogP) is 7.09. The van der Waals surface area contributed by atoms with Crippen molar-refractivity contribution in [3.63, 3.8) is 0 Å². The van der Waals surface area contributed by atoms with Gasteiger partial charge in [0, 0.05) is 23.5 Å². The molecule has 1 saturated heterocycles. The summed E-state index contributed by atoms with van der Waals surface area (Å²) >= 11 is 1.61. The van der Waals surface area contributed by atoms with Gasteiger partial charge >= 0.3 is 12.4 Å². The number of amides is 2. The maximum atomic E-state index is 13.2. The number of hydrogen-bond donors (Lipinski definition) is 1. The van der Waals surface area contributed by atoms with E-state index in [1.54, 1.807) is 11.8 Å². The molecule has 12 heteroatoms. The first kappa shape index (κ1) is 28.8. The van der Waals surface area contributed by atoms with E-state index < -0.39 is 11.9 Å². The molecule has 6 rings (SSSR count). The van der Waals surface area contributed by atoms with E-state index in [-0.39, 0.29) is 11.8 Å². The molecule has 43 heavy (non-hydrogen) atoms. The van der Waals surface area contributed by atoms with Crippen LogP contribution in [0, 0.1) is 0 Å². The monoisotopic (exact) mass is 606 g/mol. The number of carbonyl (C=O) groups is 1. The highest BCUT2D eigenvalue weighted by Crippen LogP contribution is 2.46. The number of ether oxygens (including phenoxy) is 1. The summed E-state index contributed by atoms with van der Waals surface area (Å²) in [6, 6.07) is 21.0. The van der Waals surface area contributed by atoms with Gasteiger partial charge in [0.15, 0.2) is 11.0 Å². The van der Waals surface area contributed by atoms with Gasteiger partial charge in [-0.2, -0.15) is 4.99 Å². The van der Waals surface area contributed by atoms with Crippen molar-refractivity contribution < 1.29 is 22.7 Å². The third kappa shape index (κ3) is 6.53. The molecule has 1 aliphatic carbocycles.